The van der Waals surface area contributed by atoms with Gasteiger partial charge in [0.25, 0.3) is 0 Å². The number of aromatic nitrogens is 1. The fourth-order valence-corrected chi connectivity index (χ4v) is 2.29. The van der Waals surface area contributed by atoms with Crippen LogP contribution in [-0.2, 0) is 11.8 Å². The topological polar surface area (TPSA) is 69.3 Å². The first-order valence-electron chi connectivity index (χ1n) is 7.04. The summed E-state index contributed by atoms with van der Waals surface area (Å²) in [7, 11) is 1.99. The minimum Gasteiger partial charge on any atom is -0.444 e. The van der Waals surface area contributed by atoms with Crippen molar-refractivity contribution < 1.29 is 9.53 Å². The summed E-state index contributed by atoms with van der Waals surface area (Å²) in [5, 5.41) is 3.83. The number of fused-ring (bicyclic) bond motifs is 1. The molecule has 0 aliphatic carbocycles. The average Bonchev–Trinajstić information content (AvgIpc) is 2.72. The summed E-state index contributed by atoms with van der Waals surface area (Å²) in [6.07, 6.45) is 1.56. The molecule has 0 aliphatic heterocycles. The summed E-state index contributed by atoms with van der Waals surface area (Å²) in [6.45, 7) is 5.83. The van der Waals surface area contributed by atoms with Crippen molar-refractivity contribution in [1.29, 1.82) is 0 Å². The van der Waals surface area contributed by atoms with Gasteiger partial charge in [0.2, 0.25) is 0 Å². The number of nitrogens with zero attached hydrogens (tertiary/aromatic N) is 1. The van der Waals surface area contributed by atoms with Gasteiger partial charge in [0.15, 0.2) is 0 Å². The molecule has 114 valence electrons. The zero-order chi connectivity index (χ0) is 15.6. The zero-order valence-electron chi connectivity index (χ0n) is 13.0. The number of benzene rings is 1. The summed E-state index contributed by atoms with van der Waals surface area (Å²) in [6, 6.07) is 7.80. The van der Waals surface area contributed by atoms with Gasteiger partial charge in [-0.25, -0.2) is 4.79 Å². The molecule has 1 atom stereocenters. The van der Waals surface area contributed by atoms with E-state index in [1.807, 2.05) is 62.8 Å². The molecular formula is C16H23N3O2. The quantitative estimate of drug-likeness (QED) is 0.912. The normalized spacial score (nSPS) is 13.2. The van der Waals surface area contributed by atoms with Crippen LogP contribution in [0.3, 0.4) is 0 Å². The van der Waals surface area contributed by atoms with Crippen LogP contribution in [0.5, 0.6) is 0 Å². The number of nitrogens with two attached hydrogens (primary N) is 1. The predicted molar refractivity (Wildman–Crippen MR) is 84.1 cm³/mol. The Morgan fingerprint density at radius 1 is 1.38 bits per heavy atom. The number of alkyl carbamates (subject to hydrolysis) is 1. The minimum absolute atomic E-state index is 0.274. The molecular weight excluding hydrogens is 266 g/mol. The Morgan fingerprint density at radius 2 is 2.05 bits per heavy atom. The maximum Gasteiger partial charge on any atom is 0.407 e. The maximum atomic E-state index is 11.7. The molecule has 5 heteroatoms. The van der Waals surface area contributed by atoms with Gasteiger partial charge in [0, 0.05) is 36.7 Å². The van der Waals surface area contributed by atoms with E-state index < -0.39 is 11.7 Å². The van der Waals surface area contributed by atoms with Crippen molar-refractivity contribution in [2.24, 2.45) is 12.8 Å². The fourth-order valence-electron chi connectivity index (χ4n) is 2.29. The third-order valence-electron chi connectivity index (χ3n) is 3.19. The monoisotopic (exact) mass is 289 g/mol. The lowest BCUT2D eigenvalue weighted by atomic mass is 10.1. The zero-order valence-corrected chi connectivity index (χ0v) is 13.0. The van der Waals surface area contributed by atoms with Crippen LogP contribution in [0.4, 0.5) is 4.79 Å². The lowest BCUT2D eigenvalue weighted by molar-refractivity contribution is 0.0524. The Morgan fingerprint density at radius 3 is 2.71 bits per heavy atom. The molecule has 3 N–H and O–H groups in total. The minimum atomic E-state index is -0.506. The molecule has 2 aromatic rings. The van der Waals surface area contributed by atoms with E-state index in [9.17, 15) is 4.79 Å². The van der Waals surface area contributed by atoms with Crippen molar-refractivity contribution in [1.82, 2.24) is 9.88 Å². The third-order valence-corrected chi connectivity index (χ3v) is 3.19. The highest BCUT2D eigenvalue weighted by atomic mass is 16.6. The molecule has 0 saturated carbocycles. The Balaban J connectivity index is 2.06. The Labute approximate surface area is 125 Å². The SMILES string of the molecule is Cn1cc(C(N)CNC(=O)OC(C)(C)C)c2ccccc21. The van der Waals surface area contributed by atoms with E-state index in [0.717, 1.165) is 16.5 Å². The van der Waals surface area contributed by atoms with E-state index >= 15 is 0 Å². The predicted octanol–water partition coefficient (Wildman–Crippen LogP) is 2.70. The summed E-state index contributed by atoms with van der Waals surface area (Å²) in [5.41, 5.74) is 7.84. The largest absolute Gasteiger partial charge is 0.444 e. The molecule has 5 nitrogen and oxygen atoms in total. The van der Waals surface area contributed by atoms with E-state index in [1.165, 1.54) is 0 Å². The van der Waals surface area contributed by atoms with E-state index in [2.05, 4.69) is 5.32 Å². The molecule has 1 unspecified atom stereocenters. The van der Waals surface area contributed by atoms with Crippen LogP contribution in [0.25, 0.3) is 10.9 Å². The van der Waals surface area contributed by atoms with E-state index in [-0.39, 0.29) is 6.04 Å². The molecule has 1 aromatic carbocycles. The van der Waals surface area contributed by atoms with Gasteiger partial charge in [-0.05, 0) is 32.4 Å². The van der Waals surface area contributed by atoms with E-state index in [1.54, 1.807) is 0 Å². The molecule has 1 amide bonds. The number of carbonyl (C=O) groups is 1. The summed E-state index contributed by atoms with van der Waals surface area (Å²) >= 11 is 0. The van der Waals surface area contributed by atoms with Gasteiger partial charge >= 0.3 is 6.09 Å². The van der Waals surface area contributed by atoms with Gasteiger partial charge in [-0.15, -0.1) is 0 Å². The summed E-state index contributed by atoms with van der Waals surface area (Å²) in [4.78, 5) is 11.7. The second-order valence-corrected chi connectivity index (χ2v) is 6.20. The molecule has 1 heterocycles. The number of nitrogens with one attached hydrogen (secondary N) is 1. The number of hydrogen-bond acceptors (Lipinski definition) is 3. The van der Waals surface area contributed by atoms with Gasteiger partial charge in [-0.3, -0.25) is 0 Å². The first-order chi connectivity index (χ1) is 9.78. The van der Waals surface area contributed by atoms with Crippen molar-refractivity contribution in [3.63, 3.8) is 0 Å². The van der Waals surface area contributed by atoms with Gasteiger partial charge < -0.3 is 20.4 Å². The molecule has 0 saturated heterocycles. The third kappa shape index (κ3) is 3.76. The number of carbonyl (C=O) groups excluding carboxylic acids is 1. The van der Waals surface area contributed by atoms with Crippen molar-refractivity contribution >= 4 is 17.0 Å². The van der Waals surface area contributed by atoms with E-state index in [0.29, 0.717) is 6.54 Å². The molecule has 0 radical (unpaired) electrons. The van der Waals surface area contributed by atoms with Gasteiger partial charge in [0.05, 0.1) is 0 Å². The van der Waals surface area contributed by atoms with Crippen molar-refractivity contribution in [2.45, 2.75) is 32.4 Å². The van der Waals surface area contributed by atoms with Crippen LogP contribution in [0.15, 0.2) is 30.5 Å². The first kappa shape index (κ1) is 15.4. The van der Waals surface area contributed by atoms with Gasteiger partial charge in [-0.1, -0.05) is 18.2 Å². The van der Waals surface area contributed by atoms with Gasteiger partial charge in [-0.2, -0.15) is 0 Å². The second-order valence-electron chi connectivity index (χ2n) is 6.20. The van der Waals surface area contributed by atoms with Crippen molar-refractivity contribution in [3.05, 3.63) is 36.0 Å². The number of hydrogen-bond donors (Lipinski definition) is 2. The summed E-state index contributed by atoms with van der Waals surface area (Å²) in [5.74, 6) is 0. The number of ether oxygens (including phenoxy) is 1. The van der Waals surface area contributed by atoms with Crippen LogP contribution in [0.2, 0.25) is 0 Å². The highest BCUT2D eigenvalue weighted by molar-refractivity contribution is 5.84. The van der Waals surface area contributed by atoms with Crippen LogP contribution >= 0.6 is 0 Å². The lowest BCUT2D eigenvalue weighted by Gasteiger charge is -2.20. The van der Waals surface area contributed by atoms with Crippen LogP contribution in [0, 0.1) is 0 Å². The molecule has 2 rings (SSSR count). The number of amides is 1. The van der Waals surface area contributed by atoms with Crippen LogP contribution < -0.4 is 11.1 Å². The highest BCUT2D eigenvalue weighted by Gasteiger charge is 2.18. The number of para-hydroxylation sites is 1. The second kappa shape index (κ2) is 5.77. The number of rotatable bonds is 3. The van der Waals surface area contributed by atoms with Crippen LogP contribution in [0.1, 0.15) is 32.4 Å². The molecule has 0 aliphatic rings. The Kier molecular flexibility index (Phi) is 4.23. The van der Waals surface area contributed by atoms with E-state index in [4.69, 9.17) is 10.5 Å². The molecule has 0 fully saturated rings. The van der Waals surface area contributed by atoms with Crippen molar-refractivity contribution in [3.8, 4) is 0 Å². The average molecular weight is 289 g/mol. The molecule has 0 bridgehead atoms. The Bertz CT molecular complexity index is 640. The summed E-state index contributed by atoms with van der Waals surface area (Å²) < 4.78 is 7.25. The van der Waals surface area contributed by atoms with Crippen molar-refractivity contribution in [2.75, 3.05) is 6.54 Å². The lowest BCUT2D eigenvalue weighted by Crippen LogP contribution is -2.36. The van der Waals surface area contributed by atoms with Gasteiger partial charge in [0.1, 0.15) is 5.60 Å². The van der Waals surface area contributed by atoms with Crippen LogP contribution in [-0.4, -0.2) is 22.8 Å². The highest BCUT2D eigenvalue weighted by Crippen LogP contribution is 2.24. The standard InChI is InChI=1S/C16H23N3O2/c1-16(2,3)21-15(20)18-9-13(17)12-10-19(4)14-8-6-5-7-11(12)14/h5-8,10,13H,9,17H2,1-4H3,(H,18,20). The maximum absolute atomic E-state index is 11.7. The first-order valence-corrected chi connectivity index (χ1v) is 7.04. The Hall–Kier alpha value is -2.01. The molecule has 21 heavy (non-hydrogen) atoms. The number of aryl methyl sites for hydroxylation is 1. The molecule has 0 spiro atoms. The fraction of sp³-hybridized carbons (Fsp3) is 0.438. The molecule has 1 aromatic heterocycles. The smallest absolute Gasteiger partial charge is 0.407 e.